The predicted octanol–water partition coefficient (Wildman–Crippen LogP) is 6.26. The van der Waals surface area contributed by atoms with Gasteiger partial charge in [0.15, 0.2) is 0 Å². The molecule has 6 nitrogen and oxygen atoms in total. The van der Waals surface area contributed by atoms with Gasteiger partial charge >= 0.3 is 5.97 Å². The Hall–Kier alpha value is -3.88. The highest BCUT2D eigenvalue weighted by atomic mass is 32.2. The summed E-state index contributed by atoms with van der Waals surface area (Å²) in [6.45, 7) is 0. The third-order valence-corrected chi connectivity index (χ3v) is 7.14. The number of hydrogen-bond acceptors (Lipinski definition) is 6. The zero-order chi connectivity index (χ0) is 24.6. The Morgan fingerprint density at radius 1 is 0.857 bits per heavy atom. The van der Waals surface area contributed by atoms with Gasteiger partial charge in [-0.1, -0.05) is 54.6 Å². The van der Waals surface area contributed by atoms with Crippen molar-refractivity contribution in [2.75, 3.05) is 17.7 Å². The van der Waals surface area contributed by atoms with Gasteiger partial charge in [-0.25, -0.2) is 4.79 Å². The maximum atomic E-state index is 13.4. The number of carbonyl (C=O) groups is 3. The van der Waals surface area contributed by atoms with Crippen LogP contribution in [0.1, 0.15) is 30.8 Å². The van der Waals surface area contributed by atoms with E-state index in [-0.39, 0.29) is 17.4 Å². The molecule has 4 rings (SSSR count). The van der Waals surface area contributed by atoms with Crippen LogP contribution in [0.25, 0.3) is 0 Å². The fraction of sp³-hybridized carbons (Fsp3) is 0.0741. The SMILES string of the molecule is COC(=O)c1ccccc1NC(=O)C(Sc1cccc(NC(=O)c2cccs2)c1)c1ccccc1. The smallest absolute Gasteiger partial charge is 0.339 e. The van der Waals surface area contributed by atoms with Crippen LogP contribution in [0.2, 0.25) is 0 Å². The number of carbonyl (C=O) groups excluding carboxylic acids is 3. The second-order valence-corrected chi connectivity index (χ2v) is 9.52. The number of nitrogens with one attached hydrogen (secondary N) is 2. The van der Waals surface area contributed by atoms with E-state index in [2.05, 4.69) is 10.6 Å². The van der Waals surface area contributed by atoms with Crippen LogP contribution >= 0.6 is 23.1 Å². The van der Waals surface area contributed by atoms with Crippen LogP contribution in [0.15, 0.2) is 101 Å². The molecule has 0 fully saturated rings. The number of anilines is 2. The summed E-state index contributed by atoms with van der Waals surface area (Å²) in [6.07, 6.45) is 0. The zero-order valence-electron chi connectivity index (χ0n) is 18.8. The molecule has 1 unspecified atom stereocenters. The average Bonchev–Trinajstić information content (AvgIpc) is 3.43. The van der Waals surface area contributed by atoms with Gasteiger partial charge in [0, 0.05) is 10.6 Å². The average molecular weight is 503 g/mol. The molecule has 3 aromatic carbocycles. The van der Waals surface area contributed by atoms with Crippen LogP contribution in [-0.2, 0) is 9.53 Å². The van der Waals surface area contributed by atoms with Crippen molar-refractivity contribution in [1.82, 2.24) is 0 Å². The molecule has 0 spiro atoms. The van der Waals surface area contributed by atoms with Crippen molar-refractivity contribution in [1.29, 1.82) is 0 Å². The van der Waals surface area contributed by atoms with E-state index in [0.29, 0.717) is 16.3 Å². The first kappa shape index (κ1) is 24.3. The molecule has 0 saturated heterocycles. The Kier molecular flexibility index (Phi) is 7.97. The van der Waals surface area contributed by atoms with Gasteiger partial charge in [0.2, 0.25) is 5.91 Å². The number of benzene rings is 3. The highest BCUT2D eigenvalue weighted by molar-refractivity contribution is 8.00. The molecule has 2 N–H and O–H groups in total. The lowest BCUT2D eigenvalue weighted by molar-refractivity contribution is -0.115. The van der Waals surface area contributed by atoms with E-state index in [1.807, 2.05) is 60.0 Å². The van der Waals surface area contributed by atoms with Gasteiger partial charge in [0.05, 0.1) is 23.2 Å². The van der Waals surface area contributed by atoms with Gasteiger partial charge < -0.3 is 15.4 Å². The Balaban J connectivity index is 1.57. The van der Waals surface area contributed by atoms with E-state index in [1.165, 1.54) is 30.2 Å². The summed E-state index contributed by atoms with van der Waals surface area (Å²) in [5.74, 6) is -0.997. The van der Waals surface area contributed by atoms with Gasteiger partial charge in [-0.05, 0) is 47.3 Å². The fourth-order valence-corrected chi connectivity index (χ4v) is 5.07. The lowest BCUT2D eigenvalue weighted by atomic mass is 10.1. The van der Waals surface area contributed by atoms with Crippen molar-refractivity contribution in [3.05, 3.63) is 112 Å². The number of amides is 2. The Labute approximate surface area is 211 Å². The molecule has 0 bridgehead atoms. The molecule has 0 aliphatic heterocycles. The van der Waals surface area contributed by atoms with Crippen molar-refractivity contribution < 1.29 is 19.1 Å². The monoisotopic (exact) mass is 502 g/mol. The van der Waals surface area contributed by atoms with Crippen LogP contribution in [0.4, 0.5) is 11.4 Å². The normalized spacial score (nSPS) is 11.3. The molecule has 2 amide bonds. The van der Waals surface area contributed by atoms with E-state index < -0.39 is 11.2 Å². The largest absolute Gasteiger partial charge is 0.465 e. The van der Waals surface area contributed by atoms with Crippen LogP contribution < -0.4 is 10.6 Å². The minimum absolute atomic E-state index is 0.182. The van der Waals surface area contributed by atoms with E-state index in [9.17, 15) is 14.4 Å². The number of hydrogen-bond donors (Lipinski definition) is 2. The molecule has 1 atom stereocenters. The lowest BCUT2D eigenvalue weighted by Gasteiger charge is -2.18. The summed E-state index contributed by atoms with van der Waals surface area (Å²) < 4.78 is 4.84. The van der Waals surface area contributed by atoms with Crippen LogP contribution in [0.5, 0.6) is 0 Å². The zero-order valence-corrected chi connectivity index (χ0v) is 20.4. The van der Waals surface area contributed by atoms with Crippen LogP contribution in [0.3, 0.4) is 0 Å². The number of para-hydroxylation sites is 1. The minimum Gasteiger partial charge on any atom is -0.465 e. The third kappa shape index (κ3) is 6.17. The van der Waals surface area contributed by atoms with E-state index in [0.717, 1.165) is 10.5 Å². The second kappa shape index (κ2) is 11.5. The molecule has 176 valence electrons. The summed E-state index contributed by atoms with van der Waals surface area (Å²) in [7, 11) is 1.30. The first-order valence-corrected chi connectivity index (χ1v) is 12.5. The van der Waals surface area contributed by atoms with Crippen molar-refractivity contribution in [2.45, 2.75) is 10.1 Å². The third-order valence-electron chi connectivity index (χ3n) is 5.02. The van der Waals surface area contributed by atoms with Crippen molar-refractivity contribution >= 4 is 52.3 Å². The topological polar surface area (TPSA) is 84.5 Å². The van der Waals surface area contributed by atoms with Gasteiger partial charge in [0.25, 0.3) is 5.91 Å². The molecule has 35 heavy (non-hydrogen) atoms. The quantitative estimate of drug-likeness (QED) is 0.219. The summed E-state index contributed by atoms with van der Waals surface area (Å²) in [6, 6.07) is 27.1. The number of rotatable bonds is 8. The maximum Gasteiger partial charge on any atom is 0.339 e. The second-order valence-electron chi connectivity index (χ2n) is 7.39. The lowest BCUT2D eigenvalue weighted by Crippen LogP contribution is -2.21. The first-order chi connectivity index (χ1) is 17.0. The van der Waals surface area contributed by atoms with Crippen molar-refractivity contribution in [2.24, 2.45) is 0 Å². The van der Waals surface area contributed by atoms with E-state index in [4.69, 9.17) is 4.74 Å². The number of methoxy groups -OCH3 is 1. The molecule has 0 radical (unpaired) electrons. The number of thiophene rings is 1. The molecule has 0 aliphatic rings. The molecule has 1 aromatic heterocycles. The molecular formula is C27H22N2O4S2. The van der Waals surface area contributed by atoms with Gasteiger partial charge in [-0.3, -0.25) is 9.59 Å². The van der Waals surface area contributed by atoms with E-state index in [1.54, 1.807) is 36.4 Å². The highest BCUT2D eigenvalue weighted by Crippen LogP contribution is 2.37. The Bertz CT molecular complexity index is 1320. The van der Waals surface area contributed by atoms with Crippen LogP contribution in [0, 0.1) is 0 Å². The highest BCUT2D eigenvalue weighted by Gasteiger charge is 2.24. The van der Waals surface area contributed by atoms with Gasteiger partial charge in [0.1, 0.15) is 5.25 Å². The van der Waals surface area contributed by atoms with E-state index >= 15 is 0 Å². The Morgan fingerprint density at radius 3 is 2.37 bits per heavy atom. The summed E-state index contributed by atoms with van der Waals surface area (Å²) in [5.41, 5.74) is 2.09. The predicted molar refractivity (Wildman–Crippen MR) is 140 cm³/mol. The maximum absolute atomic E-state index is 13.4. The molecule has 0 saturated carbocycles. The molecule has 4 aromatic rings. The molecule has 0 aliphatic carbocycles. The Morgan fingerprint density at radius 2 is 1.63 bits per heavy atom. The number of esters is 1. The fourth-order valence-electron chi connectivity index (χ4n) is 3.36. The number of ether oxygens (including phenoxy) is 1. The minimum atomic E-state index is -0.606. The summed E-state index contributed by atoms with van der Waals surface area (Å²) in [5, 5.41) is 7.02. The standard InChI is InChI=1S/C27H22N2O4S2/c1-33-27(32)21-13-5-6-14-22(21)29-26(31)24(18-9-3-2-4-10-18)35-20-12-7-11-19(17-20)28-25(30)23-15-8-16-34-23/h2-17,24H,1H3,(H,28,30)(H,29,31). The summed E-state index contributed by atoms with van der Waals surface area (Å²) >= 11 is 2.72. The van der Waals surface area contributed by atoms with Crippen molar-refractivity contribution in [3.8, 4) is 0 Å². The molecule has 8 heteroatoms. The number of thioether (sulfide) groups is 1. The molecular weight excluding hydrogens is 480 g/mol. The van der Waals surface area contributed by atoms with Gasteiger partial charge in [-0.15, -0.1) is 23.1 Å². The van der Waals surface area contributed by atoms with Gasteiger partial charge in [-0.2, -0.15) is 0 Å². The first-order valence-electron chi connectivity index (χ1n) is 10.7. The summed E-state index contributed by atoms with van der Waals surface area (Å²) in [4.78, 5) is 39.5. The van der Waals surface area contributed by atoms with Crippen molar-refractivity contribution in [3.63, 3.8) is 0 Å². The molecule has 1 heterocycles. The van der Waals surface area contributed by atoms with Crippen LogP contribution in [-0.4, -0.2) is 24.9 Å².